The molecule has 0 saturated heterocycles. The van der Waals surface area contributed by atoms with E-state index in [1.807, 2.05) is 13.8 Å². The number of aliphatic hydroxyl groups is 2. The lowest BCUT2D eigenvalue weighted by atomic mass is 10.1. The number of rotatable bonds is 42. The average Bonchev–Trinajstić information content (AvgIpc) is 3.15. The largest absolute Gasteiger partial charge is 0.466 e. The van der Waals surface area contributed by atoms with Crippen LogP contribution in [0.2, 0.25) is 0 Å². The molecule has 0 aromatic rings. The minimum atomic E-state index is -0.333. The van der Waals surface area contributed by atoms with Gasteiger partial charge < -0.3 is 29.5 Å². The fraction of sp³-hybridized carbons (Fsp3) is 0.956. The van der Waals surface area contributed by atoms with E-state index in [1.54, 1.807) is 0 Å². The van der Waals surface area contributed by atoms with E-state index in [2.05, 4.69) is 23.6 Å². The first-order valence-corrected chi connectivity index (χ1v) is 23.0. The van der Waals surface area contributed by atoms with E-state index in [0.29, 0.717) is 39.1 Å². The lowest BCUT2D eigenvalue weighted by molar-refractivity contribution is -0.144. The van der Waals surface area contributed by atoms with Gasteiger partial charge in [-0.1, -0.05) is 143 Å². The van der Waals surface area contributed by atoms with Gasteiger partial charge in [0.2, 0.25) is 0 Å². The molecular formula is C45H90N2O6. The molecule has 0 heterocycles. The van der Waals surface area contributed by atoms with Gasteiger partial charge in [0.05, 0.1) is 25.4 Å². The molecule has 0 aromatic heterocycles. The lowest BCUT2D eigenvalue weighted by Gasteiger charge is -2.28. The predicted molar refractivity (Wildman–Crippen MR) is 223 cm³/mol. The van der Waals surface area contributed by atoms with Crippen molar-refractivity contribution in [2.45, 2.75) is 226 Å². The Bertz CT molecular complexity index is 722. The topological polar surface area (TPSA) is 99.5 Å². The zero-order chi connectivity index (χ0) is 39.0. The zero-order valence-corrected chi connectivity index (χ0v) is 35.7. The van der Waals surface area contributed by atoms with Gasteiger partial charge >= 0.3 is 11.9 Å². The third kappa shape index (κ3) is 37.5. The van der Waals surface area contributed by atoms with Gasteiger partial charge in [-0.3, -0.25) is 9.59 Å². The molecule has 0 aliphatic carbocycles. The van der Waals surface area contributed by atoms with Crippen molar-refractivity contribution in [1.29, 1.82) is 0 Å². The molecule has 8 heteroatoms. The highest BCUT2D eigenvalue weighted by Gasteiger charge is 2.14. The molecule has 53 heavy (non-hydrogen) atoms. The average molecular weight is 755 g/mol. The predicted octanol–water partition coefficient (Wildman–Crippen LogP) is 10.8. The van der Waals surface area contributed by atoms with E-state index in [9.17, 15) is 19.8 Å². The fourth-order valence-corrected chi connectivity index (χ4v) is 6.87. The molecule has 0 aromatic carbocycles. The quantitative estimate of drug-likeness (QED) is 0.0469. The summed E-state index contributed by atoms with van der Waals surface area (Å²) in [5.74, 6) is -0.136. The minimum absolute atomic E-state index is 0.0681. The normalized spacial score (nSPS) is 12.8. The van der Waals surface area contributed by atoms with Crippen molar-refractivity contribution < 1.29 is 29.3 Å². The van der Waals surface area contributed by atoms with E-state index in [4.69, 9.17) is 9.47 Å². The van der Waals surface area contributed by atoms with Crippen molar-refractivity contribution >= 4 is 11.9 Å². The van der Waals surface area contributed by atoms with Crippen LogP contribution in [0.3, 0.4) is 0 Å². The standard InChI is InChI=1S/C45H90N2O6/c1-5-9-11-13-15-17-19-21-29-38-52-44(50)32-25-23-27-34-46(40-42(48)7-3)36-31-37-47(41-43(49)8-4)35-28-24-26-33-45(51)53-39-30-22-20-18-16-14-12-10-6-2/h42-43,48-49H,5-41H2,1-4H3. The van der Waals surface area contributed by atoms with Gasteiger partial charge in [-0.15, -0.1) is 0 Å². The summed E-state index contributed by atoms with van der Waals surface area (Å²) in [7, 11) is 0. The molecule has 0 rings (SSSR count). The van der Waals surface area contributed by atoms with E-state index in [0.717, 1.165) is 110 Å². The summed E-state index contributed by atoms with van der Waals surface area (Å²) in [5, 5.41) is 20.8. The molecule has 0 fully saturated rings. The molecule has 2 atom stereocenters. The zero-order valence-electron chi connectivity index (χ0n) is 35.7. The number of hydrogen-bond donors (Lipinski definition) is 2. The molecule has 316 valence electrons. The molecular weight excluding hydrogens is 665 g/mol. The van der Waals surface area contributed by atoms with Gasteiger partial charge in [0.25, 0.3) is 0 Å². The highest BCUT2D eigenvalue weighted by atomic mass is 16.5. The Hall–Kier alpha value is -1.22. The van der Waals surface area contributed by atoms with Crippen molar-refractivity contribution in [1.82, 2.24) is 9.80 Å². The first-order chi connectivity index (χ1) is 25.9. The molecule has 0 saturated carbocycles. The molecule has 0 spiro atoms. The Morgan fingerprint density at radius 3 is 1.06 bits per heavy atom. The molecule has 8 nitrogen and oxygen atoms in total. The van der Waals surface area contributed by atoms with Crippen LogP contribution in [0.15, 0.2) is 0 Å². The number of ether oxygens (including phenoxy) is 2. The van der Waals surface area contributed by atoms with Crippen LogP contribution in [-0.2, 0) is 19.1 Å². The third-order valence-corrected chi connectivity index (χ3v) is 10.6. The minimum Gasteiger partial charge on any atom is -0.466 e. The maximum Gasteiger partial charge on any atom is 0.305 e. The second kappa shape index (κ2) is 40.4. The second-order valence-electron chi connectivity index (χ2n) is 15.8. The van der Waals surface area contributed by atoms with Gasteiger partial charge in [-0.2, -0.15) is 0 Å². The Morgan fingerprint density at radius 2 is 0.717 bits per heavy atom. The fourth-order valence-electron chi connectivity index (χ4n) is 6.87. The van der Waals surface area contributed by atoms with Gasteiger partial charge in [0.1, 0.15) is 0 Å². The summed E-state index contributed by atoms with van der Waals surface area (Å²) in [6.07, 6.45) is 31.1. The maximum atomic E-state index is 12.2. The number of esters is 2. The second-order valence-corrected chi connectivity index (χ2v) is 15.8. The van der Waals surface area contributed by atoms with Crippen LogP contribution in [-0.4, -0.2) is 96.6 Å². The summed E-state index contributed by atoms with van der Waals surface area (Å²) in [4.78, 5) is 29.1. The van der Waals surface area contributed by atoms with Gasteiger partial charge in [-0.05, 0) is 84.0 Å². The van der Waals surface area contributed by atoms with Gasteiger partial charge in [0, 0.05) is 25.9 Å². The third-order valence-electron chi connectivity index (χ3n) is 10.6. The van der Waals surface area contributed by atoms with Crippen LogP contribution in [0.25, 0.3) is 0 Å². The van der Waals surface area contributed by atoms with Crippen LogP contribution in [0.5, 0.6) is 0 Å². The van der Waals surface area contributed by atoms with E-state index >= 15 is 0 Å². The van der Waals surface area contributed by atoms with Crippen molar-refractivity contribution in [2.75, 3.05) is 52.5 Å². The first kappa shape index (κ1) is 51.8. The highest BCUT2D eigenvalue weighted by molar-refractivity contribution is 5.69. The number of aliphatic hydroxyl groups excluding tert-OH is 2. The number of carbonyl (C=O) groups excluding carboxylic acids is 2. The summed E-state index contributed by atoms with van der Waals surface area (Å²) < 4.78 is 10.9. The first-order valence-electron chi connectivity index (χ1n) is 23.0. The molecule has 0 amide bonds. The van der Waals surface area contributed by atoms with Crippen molar-refractivity contribution in [3.63, 3.8) is 0 Å². The Labute approximate surface area is 328 Å². The summed E-state index contributed by atoms with van der Waals surface area (Å²) in [5.41, 5.74) is 0. The van der Waals surface area contributed by atoms with Crippen LogP contribution in [0.1, 0.15) is 214 Å². The molecule has 0 bridgehead atoms. The van der Waals surface area contributed by atoms with Crippen LogP contribution in [0.4, 0.5) is 0 Å². The highest BCUT2D eigenvalue weighted by Crippen LogP contribution is 2.13. The Balaban J connectivity index is 4.22. The van der Waals surface area contributed by atoms with Crippen molar-refractivity contribution in [3.8, 4) is 0 Å². The smallest absolute Gasteiger partial charge is 0.305 e. The van der Waals surface area contributed by atoms with Crippen LogP contribution >= 0.6 is 0 Å². The number of hydrogen-bond acceptors (Lipinski definition) is 8. The summed E-state index contributed by atoms with van der Waals surface area (Å²) in [6, 6.07) is 0. The molecule has 0 radical (unpaired) electrons. The van der Waals surface area contributed by atoms with Crippen molar-refractivity contribution in [3.05, 3.63) is 0 Å². The Morgan fingerprint density at radius 1 is 0.415 bits per heavy atom. The molecule has 0 aliphatic rings. The SMILES string of the molecule is CCCCCCCCCCCOC(=O)CCCCCN(CCCN(CCCCCC(=O)OCCCCCCCCCCC)CC(O)CC)CC(O)CC. The van der Waals surface area contributed by atoms with E-state index in [-0.39, 0.29) is 24.1 Å². The maximum absolute atomic E-state index is 12.2. The van der Waals surface area contributed by atoms with E-state index in [1.165, 1.54) is 89.9 Å². The summed E-state index contributed by atoms with van der Waals surface area (Å²) in [6.45, 7) is 14.6. The lowest BCUT2D eigenvalue weighted by Crippen LogP contribution is -2.38. The number of carbonyl (C=O) groups is 2. The number of nitrogens with zero attached hydrogens (tertiary/aromatic N) is 2. The van der Waals surface area contributed by atoms with Gasteiger partial charge in [-0.25, -0.2) is 0 Å². The number of unbranched alkanes of at least 4 members (excludes halogenated alkanes) is 20. The van der Waals surface area contributed by atoms with Crippen LogP contribution in [0, 0.1) is 0 Å². The molecule has 2 N–H and O–H groups in total. The van der Waals surface area contributed by atoms with Gasteiger partial charge in [0.15, 0.2) is 0 Å². The Kier molecular flexibility index (Phi) is 39.5. The summed E-state index contributed by atoms with van der Waals surface area (Å²) >= 11 is 0. The van der Waals surface area contributed by atoms with Crippen LogP contribution < -0.4 is 0 Å². The van der Waals surface area contributed by atoms with E-state index < -0.39 is 0 Å². The molecule has 0 aliphatic heterocycles. The van der Waals surface area contributed by atoms with Crippen molar-refractivity contribution in [2.24, 2.45) is 0 Å². The molecule has 2 unspecified atom stereocenters. The monoisotopic (exact) mass is 755 g/mol.